The third-order valence-corrected chi connectivity index (χ3v) is 6.90. The standard InChI is InChI=1S/C22H28ClN3O2S/c23-18-3-1-2-17(16-18)4-5-21(27)26-11-6-19(7-12-26)25-13-8-20(9-14-25)28-22-24-10-15-29-22/h1-3,10,15-16,19-20H,4-9,11-14H2. The van der Waals surface area contributed by atoms with Crippen LogP contribution in [0, 0.1) is 0 Å². The first-order valence-corrected chi connectivity index (χ1v) is 11.8. The topological polar surface area (TPSA) is 45.7 Å². The van der Waals surface area contributed by atoms with Crippen molar-refractivity contribution >= 4 is 28.8 Å². The lowest BCUT2D eigenvalue weighted by Crippen LogP contribution is -2.50. The van der Waals surface area contributed by atoms with Crippen LogP contribution < -0.4 is 4.74 Å². The molecule has 4 rings (SSSR count). The molecule has 5 nitrogen and oxygen atoms in total. The van der Waals surface area contributed by atoms with E-state index in [-0.39, 0.29) is 12.0 Å². The van der Waals surface area contributed by atoms with E-state index in [1.807, 2.05) is 34.5 Å². The Morgan fingerprint density at radius 2 is 1.97 bits per heavy atom. The Labute approximate surface area is 181 Å². The number of halogens is 1. The zero-order chi connectivity index (χ0) is 20.1. The molecule has 1 amide bonds. The number of benzene rings is 1. The van der Waals surface area contributed by atoms with Crippen molar-refractivity contribution in [1.29, 1.82) is 0 Å². The van der Waals surface area contributed by atoms with E-state index in [0.29, 0.717) is 12.5 Å². The molecule has 0 N–H and O–H groups in total. The Kier molecular flexibility index (Phi) is 7.06. The van der Waals surface area contributed by atoms with Gasteiger partial charge in [0.2, 0.25) is 5.91 Å². The zero-order valence-electron chi connectivity index (χ0n) is 16.6. The smallest absolute Gasteiger partial charge is 0.273 e. The van der Waals surface area contributed by atoms with Crippen LogP contribution in [0.1, 0.15) is 37.7 Å². The summed E-state index contributed by atoms with van der Waals surface area (Å²) in [6.07, 6.45) is 7.64. The molecule has 1 aromatic heterocycles. The number of hydrogen-bond acceptors (Lipinski definition) is 5. The number of aromatic nitrogens is 1. The number of nitrogens with zero attached hydrogens (tertiary/aromatic N) is 3. The molecule has 2 aliphatic rings. The number of piperidine rings is 2. The van der Waals surface area contributed by atoms with Gasteiger partial charge in [-0.1, -0.05) is 35.1 Å². The fourth-order valence-corrected chi connectivity index (χ4v) is 5.12. The highest BCUT2D eigenvalue weighted by Gasteiger charge is 2.30. The van der Waals surface area contributed by atoms with E-state index in [1.165, 1.54) is 0 Å². The van der Waals surface area contributed by atoms with E-state index in [4.69, 9.17) is 16.3 Å². The van der Waals surface area contributed by atoms with Crippen LogP contribution in [0.3, 0.4) is 0 Å². The molecule has 0 atom stereocenters. The van der Waals surface area contributed by atoms with Crippen molar-refractivity contribution in [3.05, 3.63) is 46.4 Å². The second-order valence-electron chi connectivity index (χ2n) is 7.89. The van der Waals surface area contributed by atoms with Crippen molar-refractivity contribution < 1.29 is 9.53 Å². The van der Waals surface area contributed by atoms with Gasteiger partial charge < -0.3 is 9.64 Å². The fourth-order valence-electron chi connectivity index (χ4n) is 4.35. The fraction of sp³-hybridized carbons (Fsp3) is 0.545. The number of rotatable bonds is 6. The maximum atomic E-state index is 12.6. The average molecular weight is 434 g/mol. The van der Waals surface area contributed by atoms with Gasteiger partial charge in [-0.15, -0.1) is 0 Å². The van der Waals surface area contributed by atoms with Crippen LogP contribution in [0.4, 0.5) is 0 Å². The summed E-state index contributed by atoms with van der Waals surface area (Å²) in [7, 11) is 0. The average Bonchev–Trinajstić information content (AvgIpc) is 3.26. The van der Waals surface area contributed by atoms with Crippen LogP contribution >= 0.6 is 22.9 Å². The molecule has 0 saturated carbocycles. The van der Waals surface area contributed by atoms with Gasteiger partial charge in [0.05, 0.1) is 0 Å². The lowest BCUT2D eigenvalue weighted by Gasteiger charge is -2.41. The second-order valence-corrected chi connectivity index (χ2v) is 9.19. The van der Waals surface area contributed by atoms with Crippen molar-refractivity contribution in [2.24, 2.45) is 0 Å². The number of carbonyl (C=O) groups is 1. The molecule has 3 heterocycles. The highest BCUT2D eigenvalue weighted by atomic mass is 35.5. The second kappa shape index (κ2) is 9.92. The van der Waals surface area contributed by atoms with Crippen LogP contribution in [-0.4, -0.2) is 59.0 Å². The first-order valence-electron chi connectivity index (χ1n) is 10.5. The molecule has 7 heteroatoms. The largest absolute Gasteiger partial charge is 0.467 e. The first kappa shape index (κ1) is 20.6. The van der Waals surface area contributed by atoms with E-state index in [1.54, 1.807) is 17.5 Å². The SMILES string of the molecule is O=C(CCc1cccc(Cl)c1)N1CCC(N2CCC(Oc3nccs3)CC2)CC1. The van der Waals surface area contributed by atoms with Crippen LogP contribution in [0.25, 0.3) is 0 Å². The van der Waals surface area contributed by atoms with Crippen molar-refractivity contribution in [3.63, 3.8) is 0 Å². The van der Waals surface area contributed by atoms with Gasteiger partial charge in [0.1, 0.15) is 6.10 Å². The van der Waals surface area contributed by atoms with Gasteiger partial charge >= 0.3 is 0 Å². The summed E-state index contributed by atoms with van der Waals surface area (Å²) in [5.41, 5.74) is 1.13. The van der Waals surface area contributed by atoms with Crippen LogP contribution in [-0.2, 0) is 11.2 Å². The summed E-state index contributed by atoms with van der Waals surface area (Å²) in [5.74, 6) is 0.263. The minimum atomic E-state index is 0.263. The summed E-state index contributed by atoms with van der Waals surface area (Å²) in [6, 6.07) is 8.38. The number of ether oxygens (including phenoxy) is 1. The lowest BCUT2D eigenvalue weighted by molar-refractivity contribution is -0.132. The molecule has 156 valence electrons. The maximum absolute atomic E-state index is 12.6. The summed E-state index contributed by atoms with van der Waals surface area (Å²) >= 11 is 7.59. The Morgan fingerprint density at radius 3 is 2.66 bits per heavy atom. The summed E-state index contributed by atoms with van der Waals surface area (Å²) in [6.45, 7) is 3.88. The Bertz CT molecular complexity index is 785. The molecular formula is C22H28ClN3O2S. The monoisotopic (exact) mass is 433 g/mol. The molecular weight excluding hydrogens is 406 g/mol. The molecule has 2 aliphatic heterocycles. The molecule has 0 radical (unpaired) electrons. The van der Waals surface area contributed by atoms with E-state index >= 15 is 0 Å². The Balaban J connectivity index is 1.17. The number of carbonyl (C=O) groups excluding carboxylic acids is 1. The van der Waals surface area contributed by atoms with Gasteiger partial charge in [0.25, 0.3) is 5.19 Å². The van der Waals surface area contributed by atoms with Gasteiger partial charge in [-0.2, -0.15) is 0 Å². The summed E-state index contributed by atoms with van der Waals surface area (Å²) in [4.78, 5) is 21.4. The van der Waals surface area contributed by atoms with Crippen molar-refractivity contribution in [2.45, 2.75) is 50.7 Å². The van der Waals surface area contributed by atoms with Crippen LogP contribution in [0.5, 0.6) is 5.19 Å². The number of thiazole rings is 1. The zero-order valence-corrected chi connectivity index (χ0v) is 18.2. The van der Waals surface area contributed by atoms with E-state index in [0.717, 1.165) is 74.1 Å². The van der Waals surface area contributed by atoms with E-state index in [2.05, 4.69) is 9.88 Å². The highest BCUT2D eigenvalue weighted by Crippen LogP contribution is 2.25. The predicted octanol–water partition coefficient (Wildman–Crippen LogP) is 4.26. The normalized spacial score (nSPS) is 19.4. The van der Waals surface area contributed by atoms with E-state index < -0.39 is 0 Å². The summed E-state index contributed by atoms with van der Waals surface area (Å²) in [5, 5.41) is 3.47. The number of aryl methyl sites for hydroxylation is 1. The molecule has 0 unspecified atom stereocenters. The van der Waals surface area contributed by atoms with Gasteiger partial charge in [0.15, 0.2) is 0 Å². The molecule has 0 bridgehead atoms. The molecule has 1 aromatic carbocycles. The van der Waals surface area contributed by atoms with E-state index in [9.17, 15) is 4.79 Å². The third-order valence-electron chi connectivity index (χ3n) is 6.00. The number of hydrogen-bond donors (Lipinski definition) is 0. The summed E-state index contributed by atoms with van der Waals surface area (Å²) < 4.78 is 5.97. The molecule has 2 fully saturated rings. The minimum Gasteiger partial charge on any atom is -0.467 e. The first-order chi connectivity index (χ1) is 14.2. The van der Waals surface area contributed by atoms with Crippen molar-refractivity contribution in [3.8, 4) is 5.19 Å². The van der Waals surface area contributed by atoms with Gasteiger partial charge in [0, 0.05) is 55.2 Å². The minimum absolute atomic E-state index is 0.263. The molecule has 0 aliphatic carbocycles. The molecule has 2 aromatic rings. The number of likely N-dealkylation sites (tertiary alicyclic amines) is 2. The quantitative estimate of drug-likeness (QED) is 0.682. The van der Waals surface area contributed by atoms with Crippen LogP contribution in [0.2, 0.25) is 5.02 Å². The molecule has 29 heavy (non-hydrogen) atoms. The predicted molar refractivity (Wildman–Crippen MR) is 117 cm³/mol. The van der Waals surface area contributed by atoms with Crippen LogP contribution in [0.15, 0.2) is 35.8 Å². The van der Waals surface area contributed by atoms with Crippen molar-refractivity contribution in [2.75, 3.05) is 26.2 Å². The molecule has 0 spiro atoms. The van der Waals surface area contributed by atoms with Gasteiger partial charge in [-0.25, -0.2) is 4.98 Å². The molecule has 2 saturated heterocycles. The number of amides is 1. The third kappa shape index (κ3) is 5.71. The lowest BCUT2D eigenvalue weighted by atomic mass is 9.98. The van der Waals surface area contributed by atoms with Crippen molar-refractivity contribution in [1.82, 2.24) is 14.8 Å². The Morgan fingerprint density at radius 1 is 1.17 bits per heavy atom. The Hall–Kier alpha value is -1.63. The van der Waals surface area contributed by atoms with Gasteiger partial charge in [-0.3, -0.25) is 9.69 Å². The highest BCUT2D eigenvalue weighted by molar-refractivity contribution is 7.11. The maximum Gasteiger partial charge on any atom is 0.273 e. The van der Waals surface area contributed by atoms with Gasteiger partial charge in [-0.05, 0) is 49.8 Å².